The Hall–Kier alpha value is -2.54. The van der Waals surface area contributed by atoms with Crippen molar-refractivity contribution in [3.8, 4) is 11.3 Å². The molecule has 4 heterocycles. The van der Waals surface area contributed by atoms with E-state index in [1.807, 2.05) is 12.1 Å². The van der Waals surface area contributed by atoms with Crippen molar-refractivity contribution in [1.82, 2.24) is 24.6 Å². The second-order valence-corrected chi connectivity index (χ2v) is 7.87. The summed E-state index contributed by atoms with van der Waals surface area (Å²) in [5, 5.41) is 4.52. The first kappa shape index (κ1) is 16.6. The molecule has 3 fully saturated rings. The van der Waals surface area contributed by atoms with E-state index in [1.165, 1.54) is 12.8 Å². The molecule has 2 aliphatic heterocycles. The summed E-state index contributed by atoms with van der Waals surface area (Å²) in [4.78, 5) is 33.2. The molecular formula is C20H23N5O2. The number of nitrogens with zero attached hydrogens (tertiary/aromatic N) is 5. The minimum atomic E-state index is -0.0852. The summed E-state index contributed by atoms with van der Waals surface area (Å²) in [7, 11) is 0. The Kier molecular flexibility index (Phi) is 4.04. The van der Waals surface area contributed by atoms with Crippen LogP contribution < -0.4 is 5.56 Å². The summed E-state index contributed by atoms with van der Waals surface area (Å²) in [6, 6.07) is 7.67. The third kappa shape index (κ3) is 3.16. The molecule has 0 aromatic carbocycles. The fourth-order valence-corrected chi connectivity index (χ4v) is 4.25. The van der Waals surface area contributed by atoms with Crippen LogP contribution in [-0.2, 0) is 11.3 Å². The highest BCUT2D eigenvalue weighted by Gasteiger charge is 2.45. The van der Waals surface area contributed by atoms with Gasteiger partial charge in [0.2, 0.25) is 5.91 Å². The van der Waals surface area contributed by atoms with Gasteiger partial charge >= 0.3 is 0 Å². The van der Waals surface area contributed by atoms with Crippen LogP contribution in [0.5, 0.6) is 0 Å². The standard InChI is InChI=1S/C20H23N5O2/c26-19-6-5-17(15-2-1-8-21-10-15)22-25(19)13-14-11-23(12-14)18-7-9-24(20(18)27)16-3-4-16/h1-2,5-6,8,10,14,16,18H,3-4,7,9,11-13H2. The number of aromatic nitrogens is 3. The highest BCUT2D eigenvalue weighted by molar-refractivity contribution is 5.84. The van der Waals surface area contributed by atoms with Crippen LogP contribution in [0, 0.1) is 5.92 Å². The van der Waals surface area contributed by atoms with Crippen LogP contribution >= 0.6 is 0 Å². The van der Waals surface area contributed by atoms with Crippen molar-refractivity contribution in [1.29, 1.82) is 0 Å². The molecule has 27 heavy (non-hydrogen) atoms. The van der Waals surface area contributed by atoms with Crippen LogP contribution in [0.2, 0.25) is 0 Å². The van der Waals surface area contributed by atoms with Crippen LogP contribution in [0.1, 0.15) is 19.3 Å². The van der Waals surface area contributed by atoms with Crippen molar-refractivity contribution in [3.63, 3.8) is 0 Å². The van der Waals surface area contributed by atoms with Gasteiger partial charge in [-0.25, -0.2) is 4.68 Å². The van der Waals surface area contributed by atoms with Gasteiger partial charge < -0.3 is 4.90 Å². The Morgan fingerprint density at radius 1 is 1.07 bits per heavy atom. The van der Waals surface area contributed by atoms with E-state index in [-0.39, 0.29) is 11.6 Å². The number of pyridine rings is 1. The van der Waals surface area contributed by atoms with Crippen LogP contribution in [0.15, 0.2) is 41.5 Å². The molecule has 1 atom stereocenters. The number of rotatable bonds is 5. The molecule has 0 radical (unpaired) electrons. The van der Waals surface area contributed by atoms with E-state index in [1.54, 1.807) is 29.2 Å². The van der Waals surface area contributed by atoms with Crippen LogP contribution in [0.25, 0.3) is 11.3 Å². The maximum absolute atomic E-state index is 12.6. The number of hydrogen-bond acceptors (Lipinski definition) is 5. The van der Waals surface area contributed by atoms with E-state index >= 15 is 0 Å². The topological polar surface area (TPSA) is 71.3 Å². The normalized spacial score (nSPS) is 23.6. The van der Waals surface area contributed by atoms with Gasteiger partial charge in [0, 0.05) is 55.6 Å². The average Bonchev–Trinajstić information content (AvgIpc) is 3.43. The number of carbonyl (C=O) groups excluding carboxylic acids is 1. The molecule has 3 aliphatic rings. The highest BCUT2D eigenvalue weighted by Crippen LogP contribution is 2.34. The fraction of sp³-hybridized carbons (Fsp3) is 0.500. The second-order valence-electron chi connectivity index (χ2n) is 7.87. The number of carbonyl (C=O) groups is 1. The van der Waals surface area contributed by atoms with Crippen LogP contribution in [0.4, 0.5) is 0 Å². The quantitative estimate of drug-likeness (QED) is 0.791. The molecule has 2 aromatic heterocycles. The predicted molar refractivity (Wildman–Crippen MR) is 99.9 cm³/mol. The third-order valence-corrected chi connectivity index (χ3v) is 5.88. The smallest absolute Gasteiger partial charge is 0.266 e. The number of likely N-dealkylation sites (tertiary alicyclic amines) is 2. The molecule has 2 aromatic rings. The molecule has 1 saturated carbocycles. The molecule has 140 valence electrons. The van der Waals surface area contributed by atoms with Gasteiger partial charge in [-0.2, -0.15) is 5.10 Å². The van der Waals surface area contributed by atoms with Gasteiger partial charge in [0.05, 0.1) is 18.3 Å². The van der Waals surface area contributed by atoms with Crippen molar-refractivity contribution in [2.75, 3.05) is 19.6 Å². The van der Waals surface area contributed by atoms with Gasteiger partial charge in [-0.05, 0) is 37.5 Å². The zero-order valence-electron chi connectivity index (χ0n) is 15.2. The Morgan fingerprint density at radius 2 is 1.93 bits per heavy atom. The van der Waals surface area contributed by atoms with Gasteiger partial charge in [-0.15, -0.1) is 0 Å². The van der Waals surface area contributed by atoms with Gasteiger partial charge in [-0.3, -0.25) is 19.5 Å². The monoisotopic (exact) mass is 365 g/mol. The van der Waals surface area contributed by atoms with Crippen molar-refractivity contribution in [3.05, 3.63) is 47.0 Å². The zero-order chi connectivity index (χ0) is 18.4. The first-order valence-electron chi connectivity index (χ1n) is 9.72. The number of amides is 1. The molecule has 1 aliphatic carbocycles. The highest BCUT2D eigenvalue weighted by atomic mass is 16.2. The summed E-state index contributed by atoms with van der Waals surface area (Å²) in [5.74, 6) is 0.673. The molecular weight excluding hydrogens is 342 g/mol. The van der Waals surface area contributed by atoms with E-state index in [0.717, 1.165) is 37.3 Å². The van der Waals surface area contributed by atoms with Crippen molar-refractivity contribution < 1.29 is 4.79 Å². The first-order valence-corrected chi connectivity index (χ1v) is 9.72. The summed E-state index contributed by atoms with van der Waals surface area (Å²) < 4.78 is 1.55. The minimum Gasteiger partial charge on any atom is -0.338 e. The lowest BCUT2D eigenvalue weighted by molar-refractivity contribution is -0.135. The fourth-order valence-electron chi connectivity index (χ4n) is 4.25. The summed E-state index contributed by atoms with van der Waals surface area (Å²) in [6.07, 6.45) is 6.75. The Labute approximate surface area is 157 Å². The second kappa shape index (κ2) is 6.56. The molecule has 2 saturated heterocycles. The molecule has 0 N–H and O–H groups in total. The van der Waals surface area contributed by atoms with E-state index in [0.29, 0.717) is 24.4 Å². The molecule has 0 bridgehead atoms. The van der Waals surface area contributed by atoms with Crippen LogP contribution in [0.3, 0.4) is 0 Å². The predicted octanol–water partition coefficient (Wildman–Crippen LogP) is 1.00. The third-order valence-electron chi connectivity index (χ3n) is 5.88. The Bertz CT molecular complexity index is 902. The van der Waals surface area contributed by atoms with Gasteiger partial charge in [0.1, 0.15) is 0 Å². The molecule has 7 heteroatoms. The molecule has 5 rings (SSSR count). The largest absolute Gasteiger partial charge is 0.338 e. The van der Waals surface area contributed by atoms with Crippen molar-refractivity contribution in [2.45, 2.75) is 37.9 Å². The van der Waals surface area contributed by atoms with E-state index in [4.69, 9.17) is 0 Å². The van der Waals surface area contributed by atoms with Gasteiger partial charge in [0.15, 0.2) is 0 Å². The Morgan fingerprint density at radius 3 is 2.67 bits per heavy atom. The average molecular weight is 365 g/mol. The van der Waals surface area contributed by atoms with E-state index in [9.17, 15) is 9.59 Å². The lowest BCUT2D eigenvalue weighted by Crippen LogP contribution is -2.56. The molecule has 1 unspecified atom stereocenters. The van der Waals surface area contributed by atoms with E-state index < -0.39 is 0 Å². The van der Waals surface area contributed by atoms with Crippen molar-refractivity contribution >= 4 is 5.91 Å². The maximum Gasteiger partial charge on any atom is 0.266 e. The van der Waals surface area contributed by atoms with E-state index in [2.05, 4.69) is 19.9 Å². The van der Waals surface area contributed by atoms with Gasteiger partial charge in [0.25, 0.3) is 5.56 Å². The summed E-state index contributed by atoms with van der Waals surface area (Å²) >= 11 is 0. The number of hydrogen-bond donors (Lipinski definition) is 0. The van der Waals surface area contributed by atoms with Gasteiger partial charge in [-0.1, -0.05) is 0 Å². The molecule has 7 nitrogen and oxygen atoms in total. The Balaban J connectivity index is 1.23. The van der Waals surface area contributed by atoms with Crippen molar-refractivity contribution in [2.24, 2.45) is 5.92 Å². The minimum absolute atomic E-state index is 0.0493. The molecule has 1 amide bonds. The first-order chi connectivity index (χ1) is 13.2. The SMILES string of the molecule is O=C1C(N2CC(Cn3nc(-c4cccnc4)ccc3=O)C2)CCN1C1CC1. The molecule has 0 spiro atoms. The zero-order valence-corrected chi connectivity index (χ0v) is 15.2. The maximum atomic E-state index is 12.6. The lowest BCUT2D eigenvalue weighted by Gasteiger charge is -2.42. The summed E-state index contributed by atoms with van der Waals surface area (Å²) in [6.45, 7) is 3.22. The summed E-state index contributed by atoms with van der Waals surface area (Å²) in [5.41, 5.74) is 1.57. The lowest BCUT2D eigenvalue weighted by atomic mass is 9.97. The van der Waals surface area contributed by atoms with Crippen LogP contribution in [-0.4, -0.2) is 62.2 Å².